The Hall–Kier alpha value is -1.80. The fourth-order valence-corrected chi connectivity index (χ4v) is 4.37. The number of anilines is 1. The van der Waals surface area contributed by atoms with Gasteiger partial charge in [-0.2, -0.15) is 0 Å². The molecule has 0 saturated carbocycles. The summed E-state index contributed by atoms with van der Waals surface area (Å²) in [5.74, 6) is -1.63. The van der Waals surface area contributed by atoms with E-state index < -0.39 is 21.5 Å². The number of nitrogens with zero attached hydrogens (tertiary/aromatic N) is 1. The van der Waals surface area contributed by atoms with Crippen LogP contribution in [0.15, 0.2) is 29.6 Å². The van der Waals surface area contributed by atoms with Gasteiger partial charge in [0.1, 0.15) is 11.6 Å². The van der Waals surface area contributed by atoms with E-state index in [0.29, 0.717) is 11.3 Å². The Morgan fingerprint density at radius 3 is 2.78 bits per heavy atom. The van der Waals surface area contributed by atoms with Crippen molar-refractivity contribution in [3.8, 4) is 11.3 Å². The van der Waals surface area contributed by atoms with E-state index in [-0.39, 0.29) is 22.6 Å². The monoisotopic (exact) mass is 356 g/mol. The lowest BCUT2D eigenvalue weighted by molar-refractivity contribution is -0.113. The van der Waals surface area contributed by atoms with Gasteiger partial charge in [0, 0.05) is 10.9 Å². The SMILES string of the molecule is CC(C)CS(=O)(=O)CC(=O)Nc1nc(-c2cccc(F)c2)cs1. The molecule has 8 heteroatoms. The van der Waals surface area contributed by atoms with Gasteiger partial charge in [0.15, 0.2) is 15.0 Å². The zero-order chi connectivity index (χ0) is 17.0. The highest BCUT2D eigenvalue weighted by atomic mass is 32.2. The minimum atomic E-state index is -3.44. The summed E-state index contributed by atoms with van der Waals surface area (Å²) in [4.78, 5) is 16.0. The molecule has 0 radical (unpaired) electrons. The summed E-state index contributed by atoms with van der Waals surface area (Å²) in [6.07, 6.45) is 0. The van der Waals surface area contributed by atoms with Crippen molar-refractivity contribution < 1.29 is 17.6 Å². The molecule has 0 bridgehead atoms. The van der Waals surface area contributed by atoms with E-state index in [0.717, 1.165) is 11.3 Å². The molecule has 0 aliphatic rings. The van der Waals surface area contributed by atoms with Crippen molar-refractivity contribution in [2.24, 2.45) is 5.92 Å². The molecular formula is C15H17FN2O3S2. The molecule has 0 fully saturated rings. The molecule has 1 N–H and O–H groups in total. The molecule has 0 saturated heterocycles. The average molecular weight is 356 g/mol. The minimum absolute atomic E-state index is 0.0349. The fraction of sp³-hybridized carbons (Fsp3) is 0.333. The van der Waals surface area contributed by atoms with Gasteiger partial charge in [0.2, 0.25) is 5.91 Å². The first kappa shape index (κ1) is 17.6. The van der Waals surface area contributed by atoms with Crippen LogP contribution in [0.1, 0.15) is 13.8 Å². The quantitative estimate of drug-likeness (QED) is 0.863. The third-order valence-electron chi connectivity index (χ3n) is 2.81. The van der Waals surface area contributed by atoms with Crippen LogP contribution in [-0.2, 0) is 14.6 Å². The highest BCUT2D eigenvalue weighted by Crippen LogP contribution is 2.25. The van der Waals surface area contributed by atoms with Gasteiger partial charge in [-0.25, -0.2) is 17.8 Å². The Kier molecular flexibility index (Phi) is 5.48. The predicted octanol–water partition coefficient (Wildman–Crippen LogP) is 2.96. The molecule has 124 valence electrons. The largest absolute Gasteiger partial charge is 0.301 e. The fourth-order valence-electron chi connectivity index (χ4n) is 2.03. The number of carbonyl (C=O) groups is 1. The molecule has 2 rings (SSSR count). The number of halogens is 1. The first-order valence-corrected chi connectivity index (χ1v) is 9.67. The van der Waals surface area contributed by atoms with Crippen LogP contribution < -0.4 is 5.32 Å². The highest BCUT2D eigenvalue weighted by molar-refractivity contribution is 7.92. The summed E-state index contributed by atoms with van der Waals surface area (Å²) in [6.45, 7) is 3.56. The van der Waals surface area contributed by atoms with Crippen LogP contribution >= 0.6 is 11.3 Å². The number of hydrogen-bond donors (Lipinski definition) is 1. The van der Waals surface area contributed by atoms with Gasteiger partial charge in [-0.05, 0) is 18.1 Å². The standard InChI is InChI=1S/C15H17FN2O3S2/c1-10(2)8-23(20,21)9-14(19)18-15-17-13(7-22-15)11-4-3-5-12(16)6-11/h3-7,10H,8-9H2,1-2H3,(H,17,18,19). The third-order valence-corrected chi connectivity index (χ3v) is 5.44. The van der Waals surface area contributed by atoms with E-state index in [1.54, 1.807) is 31.4 Å². The average Bonchev–Trinajstić information content (AvgIpc) is 2.84. The molecule has 1 aromatic carbocycles. The van der Waals surface area contributed by atoms with E-state index in [1.165, 1.54) is 12.1 Å². The summed E-state index contributed by atoms with van der Waals surface area (Å²) in [5, 5.41) is 4.43. The normalized spacial score (nSPS) is 11.7. The van der Waals surface area contributed by atoms with Crippen molar-refractivity contribution in [3.05, 3.63) is 35.5 Å². The predicted molar refractivity (Wildman–Crippen MR) is 89.6 cm³/mol. The third kappa shape index (κ3) is 5.40. The number of sulfone groups is 1. The molecular weight excluding hydrogens is 339 g/mol. The van der Waals surface area contributed by atoms with Crippen LogP contribution in [0.25, 0.3) is 11.3 Å². The van der Waals surface area contributed by atoms with Gasteiger partial charge in [-0.3, -0.25) is 4.79 Å². The second kappa shape index (κ2) is 7.18. The van der Waals surface area contributed by atoms with Crippen molar-refractivity contribution in [3.63, 3.8) is 0 Å². The number of hydrogen-bond acceptors (Lipinski definition) is 5. The highest BCUT2D eigenvalue weighted by Gasteiger charge is 2.19. The molecule has 23 heavy (non-hydrogen) atoms. The Morgan fingerprint density at radius 2 is 2.13 bits per heavy atom. The molecule has 0 spiro atoms. The maximum Gasteiger partial charge on any atom is 0.241 e. The molecule has 0 aliphatic heterocycles. The molecule has 0 aliphatic carbocycles. The topological polar surface area (TPSA) is 76.1 Å². The minimum Gasteiger partial charge on any atom is -0.301 e. The number of amides is 1. The Labute approximate surface area is 138 Å². The van der Waals surface area contributed by atoms with Gasteiger partial charge in [-0.15, -0.1) is 11.3 Å². The first-order chi connectivity index (χ1) is 10.7. The van der Waals surface area contributed by atoms with Gasteiger partial charge in [-0.1, -0.05) is 26.0 Å². The lowest BCUT2D eigenvalue weighted by Crippen LogP contribution is -2.26. The Morgan fingerprint density at radius 1 is 1.39 bits per heavy atom. The van der Waals surface area contributed by atoms with Crippen LogP contribution in [0.5, 0.6) is 0 Å². The van der Waals surface area contributed by atoms with Crippen LogP contribution in [0, 0.1) is 11.7 Å². The molecule has 0 atom stereocenters. The molecule has 1 amide bonds. The van der Waals surface area contributed by atoms with Crippen LogP contribution in [-0.4, -0.2) is 30.8 Å². The van der Waals surface area contributed by atoms with Crippen molar-refractivity contribution in [2.75, 3.05) is 16.8 Å². The Bertz CT molecular complexity index is 801. The van der Waals surface area contributed by atoms with Crippen molar-refractivity contribution in [1.82, 2.24) is 4.98 Å². The second-order valence-corrected chi connectivity index (χ2v) is 8.51. The van der Waals surface area contributed by atoms with E-state index in [1.807, 2.05) is 0 Å². The Balaban J connectivity index is 2.03. The maximum absolute atomic E-state index is 13.2. The van der Waals surface area contributed by atoms with E-state index in [9.17, 15) is 17.6 Å². The molecule has 1 aromatic heterocycles. The zero-order valence-electron chi connectivity index (χ0n) is 12.7. The number of nitrogens with one attached hydrogen (secondary N) is 1. The van der Waals surface area contributed by atoms with Gasteiger partial charge in [0.05, 0.1) is 11.4 Å². The molecule has 1 heterocycles. The van der Waals surface area contributed by atoms with E-state index in [2.05, 4.69) is 10.3 Å². The van der Waals surface area contributed by atoms with Crippen molar-refractivity contribution in [1.29, 1.82) is 0 Å². The summed E-state index contributed by atoms with van der Waals surface area (Å²) >= 11 is 1.16. The summed E-state index contributed by atoms with van der Waals surface area (Å²) in [7, 11) is -3.44. The first-order valence-electron chi connectivity index (χ1n) is 6.97. The van der Waals surface area contributed by atoms with Crippen LogP contribution in [0.4, 0.5) is 9.52 Å². The maximum atomic E-state index is 13.2. The zero-order valence-corrected chi connectivity index (χ0v) is 14.4. The molecule has 5 nitrogen and oxygen atoms in total. The lowest BCUT2D eigenvalue weighted by Gasteiger charge is -2.06. The smallest absolute Gasteiger partial charge is 0.241 e. The van der Waals surface area contributed by atoms with Gasteiger partial charge in [0.25, 0.3) is 0 Å². The lowest BCUT2D eigenvalue weighted by atomic mass is 10.2. The number of thiazole rings is 1. The van der Waals surface area contributed by atoms with Crippen molar-refractivity contribution in [2.45, 2.75) is 13.8 Å². The van der Waals surface area contributed by atoms with Crippen LogP contribution in [0.2, 0.25) is 0 Å². The van der Waals surface area contributed by atoms with Gasteiger partial charge >= 0.3 is 0 Å². The van der Waals surface area contributed by atoms with E-state index >= 15 is 0 Å². The summed E-state index contributed by atoms with van der Waals surface area (Å²) < 4.78 is 36.8. The van der Waals surface area contributed by atoms with Gasteiger partial charge < -0.3 is 5.32 Å². The van der Waals surface area contributed by atoms with Crippen molar-refractivity contribution >= 4 is 32.2 Å². The number of benzene rings is 1. The molecule has 2 aromatic rings. The summed E-state index contributed by atoms with van der Waals surface area (Å²) in [5.41, 5.74) is 1.11. The van der Waals surface area contributed by atoms with E-state index in [4.69, 9.17) is 0 Å². The summed E-state index contributed by atoms with van der Waals surface area (Å²) in [6, 6.07) is 5.95. The molecule has 0 unspecified atom stereocenters. The van der Waals surface area contributed by atoms with Crippen LogP contribution in [0.3, 0.4) is 0 Å². The number of rotatable bonds is 6. The second-order valence-electron chi connectivity index (χ2n) is 5.54. The number of carbonyl (C=O) groups excluding carboxylic acids is 1. The number of aromatic nitrogens is 1.